The van der Waals surface area contributed by atoms with E-state index in [1.54, 1.807) is 11.4 Å². The van der Waals surface area contributed by atoms with Gasteiger partial charge in [0.2, 0.25) is 0 Å². The van der Waals surface area contributed by atoms with Crippen LogP contribution < -0.4 is 0 Å². The Morgan fingerprint density at radius 3 is 2.25 bits per heavy atom. The van der Waals surface area contributed by atoms with Crippen LogP contribution in [0.2, 0.25) is 0 Å². The van der Waals surface area contributed by atoms with Crippen molar-refractivity contribution in [1.29, 1.82) is 0 Å². The van der Waals surface area contributed by atoms with E-state index in [1.165, 1.54) is 12.1 Å². The SMILES string of the molecule is O=[N+]([O-])c1cc(-c2ccc([N+](=O)[O-])s2)cs1. The summed E-state index contributed by atoms with van der Waals surface area (Å²) >= 11 is 2.01. The molecule has 2 aromatic heterocycles. The molecule has 0 radical (unpaired) electrons. The quantitative estimate of drug-likeness (QED) is 0.622. The Morgan fingerprint density at radius 1 is 1.06 bits per heavy atom. The molecule has 82 valence electrons. The van der Waals surface area contributed by atoms with Crippen LogP contribution in [0.3, 0.4) is 0 Å². The molecule has 2 rings (SSSR count). The van der Waals surface area contributed by atoms with Gasteiger partial charge < -0.3 is 0 Å². The summed E-state index contributed by atoms with van der Waals surface area (Å²) in [6, 6.07) is 4.40. The minimum absolute atomic E-state index is 0.0313. The number of hydrogen-bond donors (Lipinski definition) is 0. The molecule has 0 saturated heterocycles. The van der Waals surface area contributed by atoms with Crippen LogP contribution in [-0.2, 0) is 0 Å². The summed E-state index contributed by atoms with van der Waals surface area (Å²) in [7, 11) is 0. The average molecular weight is 256 g/mol. The van der Waals surface area contributed by atoms with Gasteiger partial charge in [0.05, 0.1) is 9.85 Å². The average Bonchev–Trinajstić information content (AvgIpc) is 2.86. The first kappa shape index (κ1) is 10.7. The van der Waals surface area contributed by atoms with Gasteiger partial charge in [0.25, 0.3) is 0 Å². The molecule has 0 aliphatic heterocycles. The summed E-state index contributed by atoms with van der Waals surface area (Å²) in [5, 5.41) is 22.6. The van der Waals surface area contributed by atoms with E-state index in [2.05, 4.69) is 0 Å². The van der Waals surface area contributed by atoms with E-state index in [1.807, 2.05) is 0 Å². The number of rotatable bonds is 3. The lowest BCUT2D eigenvalue weighted by atomic mass is 10.3. The maximum Gasteiger partial charge on any atom is 0.324 e. The van der Waals surface area contributed by atoms with E-state index in [0.29, 0.717) is 10.4 Å². The zero-order valence-electron chi connectivity index (χ0n) is 7.65. The Hall–Kier alpha value is -1.80. The lowest BCUT2D eigenvalue weighted by Crippen LogP contribution is -1.81. The first-order valence-corrected chi connectivity index (χ1v) is 5.75. The van der Waals surface area contributed by atoms with Gasteiger partial charge >= 0.3 is 10.0 Å². The molecule has 0 bridgehead atoms. The zero-order chi connectivity index (χ0) is 11.7. The van der Waals surface area contributed by atoms with E-state index >= 15 is 0 Å². The molecule has 0 aromatic carbocycles. The van der Waals surface area contributed by atoms with Crippen molar-refractivity contribution < 1.29 is 9.85 Å². The predicted molar refractivity (Wildman–Crippen MR) is 60.9 cm³/mol. The molecule has 0 atom stereocenters. The van der Waals surface area contributed by atoms with Gasteiger partial charge in [0.15, 0.2) is 0 Å². The summed E-state index contributed by atoms with van der Waals surface area (Å²) in [4.78, 5) is 20.6. The fraction of sp³-hybridized carbons (Fsp3) is 0. The fourth-order valence-electron chi connectivity index (χ4n) is 1.13. The van der Waals surface area contributed by atoms with E-state index in [9.17, 15) is 20.2 Å². The van der Waals surface area contributed by atoms with Gasteiger partial charge in [-0.05, 0) is 6.07 Å². The Balaban J connectivity index is 2.35. The maximum absolute atomic E-state index is 10.5. The van der Waals surface area contributed by atoms with E-state index in [-0.39, 0.29) is 10.0 Å². The third kappa shape index (κ3) is 1.92. The van der Waals surface area contributed by atoms with Crippen molar-refractivity contribution in [3.05, 3.63) is 43.8 Å². The summed E-state index contributed by atoms with van der Waals surface area (Å²) in [5.74, 6) is 0. The molecule has 0 spiro atoms. The molecule has 0 fully saturated rings. The molecule has 2 aromatic rings. The van der Waals surface area contributed by atoms with Gasteiger partial charge in [-0.3, -0.25) is 20.2 Å². The predicted octanol–water partition coefficient (Wildman–Crippen LogP) is 3.29. The minimum Gasteiger partial charge on any atom is -0.258 e. The molecule has 0 unspecified atom stereocenters. The monoisotopic (exact) mass is 256 g/mol. The van der Waals surface area contributed by atoms with Crippen molar-refractivity contribution in [2.24, 2.45) is 0 Å². The highest BCUT2D eigenvalue weighted by atomic mass is 32.1. The second-order valence-electron chi connectivity index (χ2n) is 2.83. The summed E-state index contributed by atoms with van der Waals surface area (Å²) in [6.45, 7) is 0. The molecule has 0 saturated carbocycles. The number of hydrogen-bond acceptors (Lipinski definition) is 6. The lowest BCUT2D eigenvalue weighted by molar-refractivity contribution is -0.380. The third-order valence-electron chi connectivity index (χ3n) is 1.82. The second-order valence-corrected chi connectivity index (χ2v) is 4.78. The normalized spacial score (nSPS) is 10.2. The van der Waals surface area contributed by atoms with Crippen LogP contribution in [0.1, 0.15) is 0 Å². The Morgan fingerprint density at radius 2 is 1.75 bits per heavy atom. The van der Waals surface area contributed by atoms with E-state index in [0.717, 1.165) is 22.7 Å². The topological polar surface area (TPSA) is 86.3 Å². The Labute approximate surface area is 97.1 Å². The van der Waals surface area contributed by atoms with Gasteiger partial charge in [0, 0.05) is 28.0 Å². The molecule has 8 heteroatoms. The summed E-state index contributed by atoms with van der Waals surface area (Å²) in [5.41, 5.74) is 0.648. The zero-order valence-corrected chi connectivity index (χ0v) is 9.29. The van der Waals surface area contributed by atoms with Crippen molar-refractivity contribution in [2.75, 3.05) is 0 Å². The van der Waals surface area contributed by atoms with Crippen molar-refractivity contribution >= 4 is 32.7 Å². The van der Waals surface area contributed by atoms with Crippen molar-refractivity contribution in [2.45, 2.75) is 0 Å². The summed E-state index contributed by atoms with van der Waals surface area (Å²) < 4.78 is 0. The summed E-state index contributed by atoms with van der Waals surface area (Å²) in [6.07, 6.45) is 0. The van der Waals surface area contributed by atoms with E-state index < -0.39 is 9.85 Å². The van der Waals surface area contributed by atoms with Crippen molar-refractivity contribution in [1.82, 2.24) is 0 Å². The van der Waals surface area contributed by atoms with Gasteiger partial charge in [0.1, 0.15) is 0 Å². The second kappa shape index (κ2) is 3.99. The molecule has 0 aliphatic carbocycles. The molecule has 16 heavy (non-hydrogen) atoms. The van der Waals surface area contributed by atoms with Crippen LogP contribution in [0.4, 0.5) is 10.0 Å². The minimum atomic E-state index is -0.477. The standard InChI is InChI=1S/C8H4N2O4S2/c11-9(12)7-2-1-6(16-7)5-3-8(10(13)14)15-4-5/h1-4H. The van der Waals surface area contributed by atoms with Gasteiger partial charge in [-0.25, -0.2) is 0 Å². The van der Waals surface area contributed by atoms with Gasteiger partial charge in [-0.1, -0.05) is 22.7 Å². The molecule has 0 amide bonds. The van der Waals surface area contributed by atoms with Crippen LogP contribution in [-0.4, -0.2) is 9.85 Å². The number of thiophene rings is 2. The van der Waals surface area contributed by atoms with Crippen molar-refractivity contribution in [3.63, 3.8) is 0 Å². The molecule has 0 aliphatic rings. The van der Waals surface area contributed by atoms with Crippen LogP contribution in [0.5, 0.6) is 0 Å². The molecule has 2 heterocycles. The van der Waals surface area contributed by atoms with Crippen LogP contribution in [0.25, 0.3) is 10.4 Å². The van der Waals surface area contributed by atoms with E-state index in [4.69, 9.17) is 0 Å². The molecule has 6 nitrogen and oxygen atoms in total. The molecular formula is C8H4N2O4S2. The highest BCUT2D eigenvalue weighted by Gasteiger charge is 2.15. The van der Waals surface area contributed by atoms with Gasteiger partial charge in [-0.2, -0.15) is 0 Å². The van der Waals surface area contributed by atoms with Crippen LogP contribution in [0, 0.1) is 20.2 Å². The first-order chi connectivity index (χ1) is 7.58. The molecular weight excluding hydrogens is 252 g/mol. The first-order valence-electron chi connectivity index (χ1n) is 4.05. The highest BCUT2D eigenvalue weighted by molar-refractivity contribution is 7.19. The smallest absolute Gasteiger partial charge is 0.258 e. The Bertz CT molecular complexity index is 510. The van der Waals surface area contributed by atoms with Crippen molar-refractivity contribution in [3.8, 4) is 10.4 Å². The number of nitrogens with zero attached hydrogens (tertiary/aromatic N) is 2. The largest absolute Gasteiger partial charge is 0.324 e. The lowest BCUT2D eigenvalue weighted by Gasteiger charge is -1.86. The van der Waals surface area contributed by atoms with Crippen LogP contribution >= 0.6 is 22.7 Å². The van der Waals surface area contributed by atoms with Gasteiger partial charge in [-0.15, -0.1) is 0 Å². The highest BCUT2D eigenvalue weighted by Crippen LogP contribution is 2.36. The fourth-order valence-corrected chi connectivity index (χ4v) is 2.74. The van der Waals surface area contributed by atoms with Crippen LogP contribution in [0.15, 0.2) is 23.6 Å². The maximum atomic E-state index is 10.5. The Kier molecular flexibility index (Phi) is 2.67. The third-order valence-corrected chi connectivity index (χ3v) is 3.79. The molecule has 0 N–H and O–H groups in total. The number of nitro groups is 2.